The maximum Gasteiger partial charge on any atom is 0.0372 e. The number of nitrogens with zero attached hydrogens (tertiary/aromatic N) is 2. The standard InChI is InChI=1S/C17H27N3/c1-14(2)20-9-7-19(8-10-20)13-15-11-16-5-3-4-6-17(16)18-12-15/h3-6,14-15,18H,7-13H2,1-2H3. The molecule has 0 radical (unpaired) electrons. The van der Waals surface area contributed by atoms with Crippen molar-refractivity contribution in [3.63, 3.8) is 0 Å². The maximum atomic E-state index is 3.59. The Morgan fingerprint density at radius 1 is 1.15 bits per heavy atom. The zero-order chi connectivity index (χ0) is 13.9. The van der Waals surface area contributed by atoms with Gasteiger partial charge in [0.1, 0.15) is 0 Å². The predicted molar refractivity (Wildman–Crippen MR) is 85.3 cm³/mol. The minimum Gasteiger partial charge on any atom is -0.384 e. The highest BCUT2D eigenvalue weighted by atomic mass is 15.3. The molecule has 0 aliphatic carbocycles. The van der Waals surface area contributed by atoms with Crippen molar-refractivity contribution in [3.05, 3.63) is 29.8 Å². The molecule has 1 saturated heterocycles. The Hall–Kier alpha value is -1.06. The normalized spacial score (nSPS) is 24.4. The molecule has 1 fully saturated rings. The number of para-hydroxylation sites is 1. The predicted octanol–water partition coefficient (Wildman–Crippen LogP) is 2.30. The Labute approximate surface area is 123 Å². The van der Waals surface area contributed by atoms with E-state index in [1.807, 2.05) is 0 Å². The lowest BCUT2D eigenvalue weighted by atomic mass is 9.93. The number of piperazine rings is 1. The minimum absolute atomic E-state index is 0.695. The molecule has 2 aliphatic rings. The van der Waals surface area contributed by atoms with Crippen LogP contribution in [0.25, 0.3) is 0 Å². The van der Waals surface area contributed by atoms with E-state index in [-0.39, 0.29) is 0 Å². The van der Waals surface area contributed by atoms with Gasteiger partial charge in [-0.15, -0.1) is 0 Å². The third kappa shape index (κ3) is 3.15. The van der Waals surface area contributed by atoms with Crippen LogP contribution in [0.4, 0.5) is 5.69 Å². The number of fused-ring (bicyclic) bond motifs is 1. The fourth-order valence-corrected chi connectivity index (χ4v) is 3.46. The third-order valence-corrected chi connectivity index (χ3v) is 4.76. The molecule has 20 heavy (non-hydrogen) atoms. The van der Waals surface area contributed by atoms with Crippen molar-refractivity contribution < 1.29 is 0 Å². The molecule has 0 saturated carbocycles. The monoisotopic (exact) mass is 273 g/mol. The number of hydrogen-bond acceptors (Lipinski definition) is 3. The first kappa shape index (κ1) is 13.9. The smallest absolute Gasteiger partial charge is 0.0372 e. The van der Waals surface area contributed by atoms with Crippen molar-refractivity contribution >= 4 is 5.69 Å². The van der Waals surface area contributed by atoms with Crippen LogP contribution >= 0.6 is 0 Å². The van der Waals surface area contributed by atoms with E-state index >= 15 is 0 Å². The molecule has 0 bridgehead atoms. The Kier molecular flexibility index (Phi) is 4.27. The summed E-state index contributed by atoms with van der Waals surface area (Å²) in [6.07, 6.45) is 1.23. The van der Waals surface area contributed by atoms with Gasteiger partial charge in [-0.1, -0.05) is 18.2 Å². The molecule has 1 aromatic rings. The molecule has 3 rings (SSSR count). The van der Waals surface area contributed by atoms with Crippen molar-refractivity contribution in [1.29, 1.82) is 0 Å². The molecule has 1 atom stereocenters. The first-order valence-electron chi connectivity index (χ1n) is 8.00. The van der Waals surface area contributed by atoms with Gasteiger partial charge in [0.05, 0.1) is 0 Å². The van der Waals surface area contributed by atoms with Gasteiger partial charge < -0.3 is 10.2 Å². The molecule has 3 nitrogen and oxygen atoms in total. The molecule has 1 unspecified atom stereocenters. The van der Waals surface area contributed by atoms with Crippen LogP contribution in [0.1, 0.15) is 19.4 Å². The van der Waals surface area contributed by atoms with Crippen LogP contribution < -0.4 is 5.32 Å². The van der Waals surface area contributed by atoms with Crippen molar-refractivity contribution in [2.45, 2.75) is 26.3 Å². The molecular formula is C17H27N3. The van der Waals surface area contributed by atoms with E-state index in [0.29, 0.717) is 6.04 Å². The van der Waals surface area contributed by atoms with Gasteiger partial charge in [0, 0.05) is 51.0 Å². The minimum atomic E-state index is 0.695. The summed E-state index contributed by atoms with van der Waals surface area (Å²) in [6, 6.07) is 9.44. The highest BCUT2D eigenvalue weighted by Gasteiger charge is 2.23. The van der Waals surface area contributed by atoms with Crippen molar-refractivity contribution in [3.8, 4) is 0 Å². The largest absolute Gasteiger partial charge is 0.384 e. The van der Waals surface area contributed by atoms with E-state index in [9.17, 15) is 0 Å². The molecule has 0 aromatic heterocycles. The lowest BCUT2D eigenvalue weighted by Crippen LogP contribution is -2.50. The lowest BCUT2D eigenvalue weighted by Gasteiger charge is -2.39. The summed E-state index contributed by atoms with van der Waals surface area (Å²) in [5.41, 5.74) is 2.83. The van der Waals surface area contributed by atoms with E-state index in [1.54, 1.807) is 0 Å². The molecule has 110 valence electrons. The van der Waals surface area contributed by atoms with E-state index in [2.05, 4.69) is 53.2 Å². The summed E-state index contributed by atoms with van der Waals surface area (Å²) in [5.74, 6) is 0.760. The van der Waals surface area contributed by atoms with Gasteiger partial charge in [0.15, 0.2) is 0 Å². The van der Waals surface area contributed by atoms with Crippen LogP contribution in [-0.4, -0.2) is 55.1 Å². The highest BCUT2D eigenvalue weighted by Crippen LogP contribution is 2.25. The van der Waals surface area contributed by atoms with Crippen molar-refractivity contribution in [2.75, 3.05) is 44.6 Å². The lowest BCUT2D eigenvalue weighted by molar-refractivity contribution is 0.0976. The van der Waals surface area contributed by atoms with Gasteiger partial charge in [0.25, 0.3) is 0 Å². The quantitative estimate of drug-likeness (QED) is 0.911. The van der Waals surface area contributed by atoms with Gasteiger partial charge in [-0.05, 0) is 37.8 Å². The topological polar surface area (TPSA) is 18.5 Å². The molecule has 0 spiro atoms. The van der Waals surface area contributed by atoms with Crippen LogP contribution in [-0.2, 0) is 6.42 Å². The van der Waals surface area contributed by atoms with Crippen LogP contribution in [0.15, 0.2) is 24.3 Å². The number of rotatable bonds is 3. The van der Waals surface area contributed by atoms with E-state index in [1.165, 1.54) is 50.4 Å². The van der Waals surface area contributed by atoms with Crippen molar-refractivity contribution in [1.82, 2.24) is 9.80 Å². The second-order valence-corrected chi connectivity index (χ2v) is 6.54. The molecule has 3 heteroatoms. The molecular weight excluding hydrogens is 246 g/mol. The summed E-state index contributed by atoms with van der Waals surface area (Å²) in [4.78, 5) is 5.24. The van der Waals surface area contributed by atoms with Gasteiger partial charge in [-0.3, -0.25) is 4.90 Å². The Balaban J connectivity index is 1.51. The molecule has 2 heterocycles. The van der Waals surface area contributed by atoms with Crippen LogP contribution in [0.2, 0.25) is 0 Å². The van der Waals surface area contributed by atoms with Gasteiger partial charge in [-0.2, -0.15) is 0 Å². The molecule has 1 N–H and O–H groups in total. The maximum absolute atomic E-state index is 3.59. The zero-order valence-corrected chi connectivity index (χ0v) is 12.8. The molecule has 2 aliphatic heterocycles. The average molecular weight is 273 g/mol. The number of hydrogen-bond donors (Lipinski definition) is 1. The van der Waals surface area contributed by atoms with Crippen molar-refractivity contribution in [2.24, 2.45) is 5.92 Å². The van der Waals surface area contributed by atoms with E-state index in [0.717, 1.165) is 12.5 Å². The summed E-state index contributed by atoms with van der Waals surface area (Å²) < 4.78 is 0. The number of benzene rings is 1. The summed E-state index contributed by atoms with van der Waals surface area (Å²) in [5, 5.41) is 3.59. The number of anilines is 1. The summed E-state index contributed by atoms with van der Waals surface area (Å²) in [6.45, 7) is 11.9. The number of nitrogens with one attached hydrogen (secondary N) is 1. The third-order valence-electron chi connectivity index (χ3n) is 4.76. The van der Waals surface area contributed by atoms with Crippen LogP contribution in [0.3, 0.4) is 0 Å². The average Bonchev–Trinajstić information content (AvgIpc) is 2.48. The summed E-state index contributed by atoms with van der Waals surface area (Å²) in [7, 11) is 0. The zero-order valence-electron chi connectivity index (χ0n) is 12.8. The second-order valence-electron chi connectivity index (χ2n) is 6.54. The van der Waals surface area contributed by atoms with Crippen LogP contribution in [0, 0.1) is 5.92 Å². The fourth-order valence-electron chi connectivity index (χ4n) is 3.46. The Morgan fingerprint density at radius 2 is 1.90 bits per heavy atom. The summed E-state index contributed by atoms with van der Waals surface area (Å²) >= 11 is 0. The Morgan fingerprint density at radius 3 is 2.65 bits per heavy atom. The molecule has 1 aromatic carbocycles. The van der Waals surface area contributed by atoms with Gasteiger partial charge >= 0.3 is 0 Å². The van der Waals surface area contributed by atoms with Crippen LogP contribution in [0.5, 0.6) is 0 Å². The SMILES string of the molecule is CC(C)N1CCN(CC2CNc3ccccc3C2)CC1. The highest BCUT2D eigenvalue weighted by molar-refractivity contribution is 5.53. The fraction of sp³-hybridized carbons (Fsp3) is 0.647. The Bertz CT molecular complexity index is 436. The van der Waals surface area contributed by atoms with E-state index in [4.69, 9.17) is 0 Å². The first-order valence-corrected chi connectivity index (χ1v) is 8.00. The van der Waals surface area contributed by atoms with Gasteiger partial charge in [0.2, 0.25) is 0 Å². The second kappa shape index (κ2) is 6.15. The van der Waals surface area contributed by atoms with Gasteiger partial charge in [-0.25, -0.2) is 0 Å². The molecule has 0 amide bonds. The first-order chi connectivity index (χ1) is 9.72. The van der Waals surface area contributed by atoms with E-state index < -0.39 is 0 Å².